The molecule has 1 aliphatic rings. The van der Waals surface area contributed by atoms with E-state index >= 15 is 0 Å². The lowest BCUT2D eigenvalue weighted by Crippen LogP contribution is -2.33. The Labute approximate surface area is 209 Å². The fourth-order valence-electron chi connectivity index (χ4n) is 4.31. The van der Waals surface area contributed by atoms with Gasteiger partial charge in [0.1, 0.15) is 17.2 Å². The molecule has 1 aliphatic heterocycles. The average Bonchev–Trinajstić information content (AvgIpc) is 3.32. The Morgan fingerprint density at radius 1 is 1.06 bits per heavy atom. The molecule has 8 heteroatoms. The first-order chi connectivity index (χ1) is 17.5. The standard InChI is InChI=1S/C28H30N2O6/c1-30-24-16-20(25(32)13-14-31)11-12-27(24)35-18-21(28(30)34)9-5-6-10-26(33)23-17-22(36-29-23)15-19-7-3-2-4-8-19/h2-4,7-8,11-12,16-17,21,31H,5-6,9-10,13-15,18H2,1H3/t21-/m0/s1. The highest BCUT2D eigenvalue weighted by atomic mass is 16.5. The summed E-state index contributed by atoms with van der Waals surface area (Å²) in [5, 5.41) is 13.0. The number of nitrogens with zero attached hydrogens (tertiary/aromatic N) is 2. The number of unbranched alkanes of at least 4 members (excludes halogenated alkanes) is 1. The third kappa shape index (κ3) is 6.07. The summed E-state index contributed by atoms with van der Waals surface area (Å²) in [6, 6.07) is 16.5. The number of anilines is 1. The van der Waals surface area contributed by atoms with Crippen LogP contribution in [0.3, 0.4) is 0 Å². The zero-order valence-electron chi connectivity index (χ0n) is 20.3. The minimum Gasteiger partial charge on any atom is -0.491 e. The maximum Gasteiger partial charge on any atom is 0.233 e. The lowest BCUT2D eigenvalue weighted by Gasteiger charge is -2.20. The van der Waals surface area contributed by atoms with Crippen molar-refractivity contribution in [2.75, 3.05) is 25.2 Å². The zero-order chi connectivity index (χ0) is 25.5. The van der Waals surface area contributed by atoms with Gasteiger partial charge in [-0.05, 0) is 36.6 Å². The van der Waals surface area contributed by atoms with Crippen LogP contribution in [0.2, 0.25) is 0 Å². The van der Waals surface area contributed by atoms with Crippen LogP contribution in [0.15, 0.2) is 59.1 Å². The first-order valence-electron chi connectivity index (χ1n) is 12.2. The number of fused-ring (bicyclic) bond motifs is 1. The average molecular weight is 491 g/mol. The van der Waals surface area contributed by atoms with Gasteiger partial charge in [-0.1, -0.05) is 41.9 Å². The summed E-state index contributed by atoms with van der Waals surface area (Å²) >= 11 is 0. The number of amides is 1. The van der Waals surface area contributed by atoms with E-state index in [1.165, 1.54) is 4.90 Å². The summed E-state index contributed by atoms with van der Waals surface area (Å²) in [7, 11) is 1.67. The molecule has 1 atom stereocenters. The molecule has 0 bridgehead atoms. The minimum atomic E-state index is -0.348. The second kappa shape index (κ2) is 11.8. The van der Waals surface area contributed by atoms with Crippen LogP contribution < -0.4 is 9.64 Å². The summed E-state index contributed by atoms with van der Waals surface area (Å²) < 4.78 is 11.2. The maximum absolute atomic E-state index is 13.0. The van der Waals surface area contributed by atoms with Crippen molar-refractivity contribution in [2.24, 2.45) is 5.92 Å². The summed E-state index contributed by atoms with van der Waals surface area (Å²) in [6.45, 7) is 0.0114. The van der Waals surface area contributed by atoms with E-state index in [9.17, 15) is 14.4 Å². The van der Waals surface area contributed by atoms with Gasteiger partial charge in [0.25, 0.3) is 0 Å². The van der Waals surface area contributed by atoms with Crippen molar-refractivity contribution >= 4 is 23.2 Å². The minimum absolute atomic E-state index is 0.0291. The number of aliphatic hydroxyl groups excluding tert-OH is 1. The molecule has 0 saturated heterocycles. The van der Waals surface area contributed by atoms with Gasteiger partial charge in [-0.25, -0.2) is 0 Å². The van der Waals surface area contributed by atoms with Crippen molar-refractivity contribution in [3.8, 4) is 5.75 Å². The van der Waals surface area contributed by atoms with E-state index in [1.54, 1.807) is 31.3 Å². The van der Waals surface area contributed by atoms with E-state index in [0.29, 0.717) is 60.6 Å². The van der Waals surface area contributed by atoms with E-state index in [2.05, 4.69) is 5.16 Å². The van der Waals surface area contributed by atoms with E-state index in [0.717, 1.165) is 5.56 Å². The molecule has 1 N–H and O–H groups in total. The van der Waals surface area contributed by atoms with Gasteiger partial charge in [-0.2, -0.15) is 0 Å². The molecule has 0 unspecified atom stereocenters. The molecule has 0 aliphatic carbocycles. The van der Waals surface area contributed by atoms with Gasteiger partial charge in [0.05, 0.1) is 24.8 Å². The van der Waals surface area contributed by atoms with Crippen molar-refractivity contribution in [1.29, 1.82) is 0 Å². The highest BCUT2D eigenvalue weighted by Gasteiger charge is 2.29. The molecule has 0 saturated carbocycles. The smallest absolute Gasteiger partial charge is 0.233 e. The van der Waals surface area contributed by atoms with Crippen molar-refractivity contribution in [1.82, 2.24) is 5.16 Å². The van der Waals surface area contributed by atoms with Crippen molar-refractivity contribution < 1.29 is 28.8 Å². The Bertz CT molecular complexity index is 1220. The molecule has 0 spiro atoms. The number of ketones is 2. The fourth-order valence-corrected chi connectivity index (χ4v) is 4.31. The highest BCUT2D eigenvalue weighted by molar-refractivity contribution is 6.01. The van der Waals surface area contributed by atoms with Crippen molar-refractivity contribution in [3.63, 3.8) is 0 Å². The van der Waals surface area contributed by atoms with Crippen LogP contribution in [0.1, 0.15) is 64.3 Å². The largest absolute Gasteiger partial charge is 0.491 e. The molecule has 4 rings (SSSR count). The normalized spacial score (nSPS) is 15.2. The summed E-state index contributed by atoms with van der Waals surface area (Å²) in [4.78, 5) is 39.3. The van der Waals surface area contributed by atoms with Gasteiger partial charge in [-0.3, -0.25) is 14.4 Å². The lowest BCUT2D eigenvalue weighted by atomic mass is 9.99. The van der Waals surface area contributed by atoms with Gasteiger partial charge in [0.2, 0.25) is 5.91 Å². The first kappa shape index (κ1) is 25.3. The Morgan fingerprint density at radius 3 is 2.64 bits per heavy atom. The number of Topliss-reactive ketones (excluding diaryl/α,β-unsaturated/α-hetero) is 2. The molecule has 188 valence electrons. The van der Waals surface area contributed by atoms with Gasteiger partial charge >= 0.3 is 0 Å². The Hall–Kier alpha value is -3.78. The summed E-state index contributed by atoms with van der Waals surface area (Å²) in [5.74, 6) is 0.487. The molecule has 36 heavy (non-hydrogen) atoms. The summed E-state index contributed by atoms with van der Waals surface area (Å²) in [5.41, 5.74) is 2.39. The lowest BCUT2D eigenvalue weighted by molar-refractivity contribution is -0.122. The molecular weight excluding hydrogens is 460 g/mol. The second-order valence-corrected chi connectivity index (χ2v) is 8.99. The van der Waals surface area contributed by atoms with Gasteiger partial charge < -0.3 is 19.3 Å². The number of aromatic nitrogens is 1. The van der Waals surface area contributed by atoms with Crippen LogP contribution in [-0.2, 0) is 11.2 Å². The predicted molar refractivity (Wildman–Crippen MR) is 133 cm³/mol. The van der Waals surface area contributed by atoms with E-state index in [4.69, 9.17) is 14.4 Å². The molecule has 2 heterocycles. The zero-order valence-corrected chi connectivity index (χ0v) is 20.3. The number of carbonyl (C=O) groups excluding carboxylic acids is 3. The van der Waals surface area contributed by atoms with Gasteiger partial charge in [-0.15, -0.1) is 0 Å². The third-order valence-corrected chi connectivity index (χ3v) is 6.37. The first-order valence-corrected chi connectivity index (χ1v) is 12.2. The summed E-state index contributed by atoms with van der Waals surface area (Å²) in [6.07, 6.45) is 2.83. The van der Waals surface area contributed by atoms with Crippen LogP contribution in [0.25, 0.3) is 0 Å². The van der Waals surface area contributed by atoms with Crippen molar-refractivity contribution in [2.45, 2.75) is 38.5 Å². The maximum atomic E-state index is 13.0. The van der Waals surface area contributed by atoms with E-state index in [1.807, 2.05) is 30.3 Å². The number of rotatable bonds is 11. The van der Waals surface area contributed by atoms with Crippen LogP contribution in [0.4, 0.5) is 5.69 Å². The number of aliphatic hydroxyl groups is 1. The SMILES string of the molecule is CN1C(=O)[C@@H](CCCCC(=O)c2cc(Cc3ccccc3)on2)COc2ccc(C(=O)CCO)cc21. The topological polar surface area (TPSA) is 110 Å². The molecule has 8 nitrogen and oxygen atoms in total. The highest BCUT2D eigenvalue weighted by Crippen LogP contribution is 2.34. The van der Waals surface area contributed by atoms with Crippen LogP contribution in [0.5, 0.6) is 5.75 Å². The Kier molecular flexibility index (Phi) is 8.28. The molecule has 3 aromatic rings. The molecule has 2 aromatic carbocycles. The predicted octanol–water partition coefficient (Wildman–Crippen LogP) is 4.25. The Balaban J connectivity index is 1.27. The number of benzene rings is 2. The Morgan fingerprint density at radius 2 is 1.86 bits per heavy atom. The van der Waals surface area contributed by atoms with Crippen LogP contribution in [-0.4, -0.2) is 48.0 Å². The van der Waals surface area contributed by atoms with E-state index < -0.39 is 0 Å². The second-order valence-electron chi connectivity index (χ2n) is 8.99. The molecule has 1 aromatic heterocycles. The molecule has 0 radical (unpaired) electrons. The quantitative estimate of drug-likeness (QED) is 0.316. The van der Waals surface area contributed by atoms with Crippen LogP contribution in [0, 0.1) is 5.92 Å². The number of ether oxygens (including phenoxy) is 1. The number of hydrogen-bond acceptors (Lipinski definition) is 7. The third-order valence-electron chi connectivity index (χ3n) is 6.37. The monoisotopic (exact) mass is 490 g/mol. The molecule has 0 fully saturated rings. The van der Waals surface area contributed by atoms with Crippen LogP contribution >= 0.6 is 0 Å². The fraction of sp³-hybridized carbons (Fsp3) is 0.357. The number of carbonyl (C=O) groups is 3. The molecular formula is C28H30N2O6. The van der Waals surface area contributed by atoms with Gasteiger partial charge in [0, 0.05) is 37.9 Å². The van der Waals surface area contributed by atoms with E-state index in [-0.39, 0.29) is 43.0 Å². The molecule has 1 amide bonds. The van der Waals surface area contributed by atoms with Crippen molar-refractivity contribution in [3.05, 3.63) is 77.2 Å². The van der Waals surface area contributed by atoms with Gasteiger partial charge in [0.15, 0.2) is 11.6 Å². The number of hydrogen-bond donors (Lipinski definition) is 1.